The van der Waals surface area contributed by atoms with Crippen molar-refractivity contribution in [1.82, 2.24) is 19.3 Å². The van der Waals surface area contributed by atoms with Gasteiger partial charge in [-0.1, -0.05) is 45.7 Å². The molecule has 0 aliphatic heterocycles. The van der Waals surface area contributed by atoms with Crippen molar-refractivity contribution in [3.05, 3.63) is 105 Å². The van der Waals surface area contributed by atoms with Gasteiger partial charge < -0.3 is 0 Å². The Labute approximate surface area is 189 Å². The lowest BCUT2D eigenvalue weighted by Gasteiger charge is -2.14. The molecule has 0 aliphatic rings. The van der Waals surface area contributed by atoms with Crippen molar-refractivity contribution < 1.29 is 4.39 Å². The zero-order valence-electron chi connectivity index (χ0n) is 15.8. The highest BCUT2D eigenvalue weighted by molar-refractivity contribution is 9.10. The lowest BCUT2D eigenvalue weighted by atomic mass is 10.1. The van der Waals surface area contributed by atoms with E-state index in [9.17, 15) is 9.18 Å². The summed E-state index contributed by atoms with van der Waals surface area (Å²) in [6.45, 7) is 0. The van der Waals surface area contributed by atoms with E-state index in [2.05, 4.69) is 21.0 Å². The van der Waals surface area contributed by atoms with Gasteiger partial charge in [0.2, 0.25) is 0 Å². The summed E-state index contributed by atoms with van der Waals surface area (Å²) in [5.41, 5.74) is 1.45. The highest BCUT2D eigenvalue weighted by Gasteiger charge is 2.20. The minimum atomic E-state index is -0.505. The first kappa shape index (κ1) is 19.7. The number of nitrogens with zero attached hydrogens (tertiary/aromatic N) is 4. The molecule has 0 saturated heterocycles. The van der Waals surface area contributed by atoms with Crippen LogP contribution in [0.5, 0.6) is 0 Å². The fourth-order valence-electron chi connectivity index (χ4n) is 3.41. The summed E-state index contributed by atoms with van der Waals surface area (Å²) < 4.78 is 18.5. The predicted octanol–water partition coefficient (Wildman–Crippen LogP) is 5.79. The first-order chi connectivity index (χ1) is 15.0. The molecule has 152 valence electrons. The molecule has 3 aromatic carbocycles. The number of aromatic nitrogens is 4. The molecule has 0 atom stereocenters. The Bertz CT molecular complexity index is 1480. The standard InChI is InChI=1S/C23H13BrClFN4O/c24-14-6-11-18(20(26)12-14)21-28-22-19(13-27-30(22)17-4-2-1-3-5-17)23(31)29(21)16-9-7-15(25)8-10-16/h1-13H. The van der Waals surface area contributed by atoms with Crippen LogP contribution in [-0.2, 0) is 0 Å². The summed E-state index contributed by atoms with van der Waals surface area (Å²) in [6.07, 6.45) is 1.48. The van der Waals surface area contributed by atoms with Gasteiger partial charge in [-0.3, -0.25) is 9.36 Å². The van der Waals surface area contributed by atoms with Gasteiger partial charge >= 0.3 is 0 Å². The van der Waals surface area contributed by atoms with Crippen molar-refractivity contribution in [2.24, 2.45) is 0 Å². The van der Waals surface area contributed by atoms with E-state index in [1.807, 2.05) is 30.3 Å². The number of hydrogen-bond acceptors (Lipinski definition) is 3. The van der Waals surface area contributed by atoms with Gasteiger partial charge in [-0.05, 0) is 54.6 Å². The number of rotatable bonds is 3. The van der Waals surface area contributed by atoms with Gasteiger partial charge in [-0.25, -0.2) is 14.1 Å². The summed E-state index contributed by atoms with van der Waals surface area (Å²) in [7, 11) is 0. The molecule has 2 aromatic heterocycles. The van der Waals surface area contributed by atoms with Crippen LogP contribution in [0, 0.1) is 5.82 Å². The van der Waals surface area contributed by atoms with Crippen molar-refractivity contribution in [3.8, 4) is 22.8 Å². The second kappa shape index (κ2) is 7.76. The van der Waals surface area contributed by atoms with E-state index >= 15 is 0 Å². The summed E-state index contributed by atoms with van der Waals surface area (Å²) in [5, 5.41) is 5.21. The SMILES string of the molecule is O=c1c2cnn(-c3ccccc3)c2nc(-c2ccc(Br)cc2F)n1-c1ccc(Cl)cc1. The maximum absolute atomic E-state index is 14.9. The van der Waals surface area contributed by atoms with Crippen LogP contribution < -0.4 is 5.56 Å². The largest absolute Gasteiger partial charge is 0.269 e. The molecule has 0 bridgehead atoms. The molecule has 5 rings (SSSR count). The maximum atomic E-state index is 14.9. The lowest BCUT2D eigenvalue weighted by molar-refractivity contribution is 0.628. The van der Waals surface area contributed by atoms with Crippen LogP contribution in [0.1, 0.15) is 0 Å². The van der Waals surface area contributed by atoms with Gasteiger partial charge in [0.25, 0.3) is 5.56 Å². The van der Waals surface area contributed by atoms with E-state index in [-0.39, 0.29) is 16.9 Å². The van der Waals surface area contributed by atoms with Crippen LogP contribution in [0.3, 0.4) is 0 Å². The maximum Gasteiger partial charge on any atom is 0.269 e. The van der Waals surface area contributed by atoms with Crippen molar-refractivity contribution in [2.75, 3.05) is 0 Å². The minimum absolute atomic E-state index is 0.169. The normalized spacial score (nSPS) is 11.2. The van der Waals surface area contributed by atoms with Gasteiger partial charge in [0.05, 0.1) is 23.1 Å². The van der Waals surface area contributed by atoms with Gasteiger partial charge in [0, 0.05) is 9.50 Å². The molecule has 0 N–H and O–H groups in total. The first-order valence-corrected chi connectivity index (χ1v) is 10.5. The van der Waals surface area contributed by atoms with Crippen LogP contribution >= 0.6 is 27.5 Å². The Morgan fingerprint density at radius 2 is 1.68 bits per heavy atom. The lowest BCUT2D eigenvalue weighted by Crippen LogP contribution is -2.22. The second-order valence-electron chi connectivity index (χ2n) is 6.81. The fourth-order valence-corrected chi connectivity index (χ4v) is 3.87. The molecule has 5 nitrogen and oxygen atoms in total. The number of benzene rings is 3. The van der Waals surface area contributed by atoms with E-state index in [0.29, 0.717) is 26.2 Å². The molecule has 0 amide bonds. The Morgan fingerprint density at radius 3 is 2.39 bits per heavy atom. The molecule has 2 heterocycles. The Balaban J connectivity index is 1.88. The molecule has 0 spiro atoms. The third-order valence-corrected chi connectivity index (χ3v) is 5.60. The molecule has 0 unspecified atom stereocenters. The molecule has 8 heteroatoms. The van der Waals surface area contributed by atoms with Crippen LogP contribution in [0.4, 0.5) is 4.39 Å². The van der Waals surface area contributed by atoms with Crippen molar-refractivity contribution >= 4 is 38.6 Å². The average molecular weight is 496 g/mol. The zero-order chi connectivity index (χ0) is 21.5. The second-order valence-corrected chi connectivity index (χ2v) is 8.16. The monoisotopic (exact) mass is 494 g/mol. The molecular weight excluding hydrogens is 483 g/mol. The van der Waals surface area contributed by atoms with Gasteiger partial charge in [-0.2, -0.15) is 5.10 Å². The molecule has 0 aliphatic carbocycles. The number of hydrogen-bond donors (Lipinski definition) is 0. The smallest absolute Gasteiger partial charge is 0.268 e. The fraction of sp³-hybridized carbons (Fsp3) is 0. The Hall–Kier alpha value is -3.29. The Kier molecular flexibility index (Phi) is 4.92. The molecule has 0 radical (unpaired) electrons. The third kappa shape index (κ3) is 3.45. The topological polar surface area (TPSA) is 52.7 Å². The van der Waals surface area contributed by atoms with E-state index < -0.39 is 5.82 Å². The van der Waals surface area contributed by atoms with Crippen molar-refractivity contribution in [1.29, 1.82) is 0 Å². The average Bonchev–Trinajstić information content (AvgIpc) is 3.20. The predicted molar refractivity (Wildman–Crippen MR) is 123 cm³/mol. The van der Waals surface area contributed by atoms with E-state index in [1.165, 1.54) is 16.8 Å². The van der Waals surface area contributed by atoms with Gasteiger partial charge in [0.1, 0.15) is 11.2 Å². The van der Waals surface area contributed by atoms with E-state index in [0.717, 1.165) is 5.69 Å². The van der Waals surface area contributed by atoms with Gasteiger partial charge in [0.15, 0.2) is 11.5 Å². The molecular formula is C23H13BrClFN4O. The summed E-state index contributed by atoms with van der Waals surface area (Å²) >= 11 is 9.30. The van der Waals surface area contributed by atoms with Crippen LogP contribution in [0.2, 0.25) is 5.02 Å². The summed E-state index contributed by atoms with van der Waals surface area (Å²) in [5.74, 6) is -0.336. The minimum Gasteiger partial charge on any atom is -0.268 e. The van der Waals surface area contributed by atoms with Crippen LogP contribution in [-0.4, -0.2) is 19.3 Å². The quantitative estimate of drug-likeness (QED) is 0.318. The van der Waals surface area contributed by atoms with E-state index in [1.54, 1.807) is 41.1 Å². The highest BCUT2D eigenvalue weighted by atomic mass is 79.9. The molecule has 0 fully saturated rings. The summed E-state index contributed by atoms with van der Waals surface area (Å²) in [4.78, 5) is 18.2. The summed E-state index contributed by atoms with van der Waals surface area (Å²) in [6, 6.07) is 20.7. The van der Waals surface area contributed by atoms with E-state index in [4.69, 9.17) is 16.6 Å². The molecule has 31 heavy (non-hydrogen) atoms. The number of fused-ring (bicyclic) bond motifs is 1. The van der Waals surface area contributed by atoms with Crippen LogP contribution in [0.15, 0.2) is 88.3 Å². The Morgan fingerprint density at radius 1 is 0.935 bits per heavy atom. The number of halogens is 3. The highest BCUT2D eigenvalue weighted by Crippen LogP contribution is 2.28. The van der Waals surface area contributed by atoms with Crippen molar-refractivity contribution in [3.63, 3.8) is 0 Å². The zero-order valence-corrected chi connectivity index (χ0v) is 18.2. The molecule has 5 aromatic rings. The number of para-hydroxylation sites is 1. The van der Waals surface area contributed by atoms with Crippen molar-refractivity contribution in [2.45, 2.75) is 0 Å². The first-order valence-electron chi connectivity index (χ1n) is 9.30. The van der Waals surface area contributed by atoms with Crippen LogP contribution in [0.25, 0.3) is 33.8 Å². The third-order valence-electron chi connectivity index (χ3n) is 4.86. The molecule has 0 saturated carbocycles. The van der Waals surface area contributed by atoms with Gasteiger partial charge in [-0.15, -0.1) is 0 Å².